The van der Waals surface area contributed by atoms with Crippen molar-refractivity contribution in [3.63, 3.8) is 0 Å². The molecule has 13 heteroatoms. The van der Waals surface area contributed by atoms with Gasteiger partial charge in [0.2, 0.25) is 12.3 Å². The van der Waals surface area contributed by atoms with Crippen LogP contribution >= 0.6 is 0 Å². The summed E-state index contributed by atoms with van der Waals surface area (Å²) in [5.74, 6) is -3.16. The molecule has 1 unspecified atom stereocenters. The van der Waals surface area contributed by atoms with Gasteiger partial charge in [0.15, 0.2) is 0 Å². The number of nitrogens with one attached hydrogen (secondary N) is 1. The summed E-state index contributed by atoms with van der Waals surface area (Å²) in [5.41, 5.74) is -1.19. The zero-order valence-corrected chi connectivity index (χ0v) is 10.5. The Morgan fingerprint density at radius 3 is 2.45 bits per heavy atom. The third-order valence-corrected chi connectivity index (χ3v) is 2.35. The van der Waals surface area contributed by atoms with Crippen molar-refractivity contribution in [3.8, 4) is 0 Å². The van der Waals surface area contributed by atoms with E-state index in [9.17, 15) is 41.3 Å². The Morgan fingerprint density at radius 1 is 1.45 bits per heavy atom. The molecule has 1 N–H and O–H groups in total. The number of rotatable bonds is 6. The summed E-state index contributed by atoms with van der Waals surface area (Å²) in [7, 11) is 0. The summed E-state index contributed by atoms with van der Waals surface area (Å²) in [6, 6.07) is -2.02. The Hall–Kier alpha value is -2.34. The summed E-state index contributed by atoms with van der Waals surface area (Å²) >= 11 is 0. The van der Waals surface area contributed by atoms with Crippen molar-refractivity contribution >= 4 is 11.6 Å². The first kappa shape index (κ1) is 17.7. The predicted molar refractivity (Wildman–Crippen MR) is 57.6 cm³/mol. The van der Waals surface area contributed by atoms with Crippen molar-refractivity contribution in [3.05, 3.63) is 22.3 Å². The van der Waals surface area contributed by atoms with Crippen LogP contribution in [0.4, 0.5) is 32.0 Å². The van der Waals surface area contributed by atoms with Crippen molar-refractivity contribution in [2.45, 2.75) is 25.1 Å². The third kappa shape index (κ3) is 4.89. The van der Waals surface area contributed by atoms with E-state index < -0.39 is 54.1 Å². The fourth-order valence-electron chi connectivity index (χ4n) is 1.45. The van der Waals surface area contributed by atoms with Gasteiger partial charge in [-0.2, -0.15) is 17.6 Å². The standard InChI is InChI=1S/C9H8F6N4O3/c10-6(11)1-4(8(20)16-3-9(13,14)15)18-2-5(19(21)22)7(12)17-18/h2,4,6H,1,3H2,(H,16,20). The Morgan fingerprint density at radius 2 is 2.05 bits per heavy atom. The number of aromatic nitrogens is 2. The van der Waals surface area contributed by atoms with Crippen LogP contribution in [0.15, 0.2) is 6.20 Å². The maximum Gasteiger partial charge on any atom is 0.405 e. The number of carbonyl (C=O) groups is 1. The number of nitrogens with zero attached hydrogens (tertiary/aromatic N) is 3. The summed E-state index contributed by atoms with van der Waals surface area (Å²) in [6.07, 6.45) is -8.85. The minimum Gasteiger partial charge on any atom is -0.345 e. The summed E-state index contributed by atoms with van der Waals surface area (Å²) in [5, 5.41) is 14.6. The molecule has 0 aliphatic carbocycles. The molecular formula is C9H8F6N4O3. The van der Waals surface area contributed by atoms with Crippen LogP contribution in [0.3, 0.4) is 0 Å². The second kappa shape index (κ2) is 6.62. The average molecular weight is 334 g/mol. The number of hydrogen-bond donors (Lipinski definition) is 1. The molecule has 7 nitrogen and oxygen atoms in total. The van der Waals surface area contributed by atoms with E-state index in [0.717, 1.165) is 0 Å². The maximum absolute atomic E-state index is 13.1. The second-order valence-corrected chi connectivity index (χ2v) is 4.02. The zero-order chi connectivity index (χ0) is 17.1. The zero-order valence-electron chi connectivity index (χ0n) is 10.5. The van der Waals surface area contributed by atoms with E-state index in [1.165, 1.54) is 5.32 Å². The number of carbonyl (C=O) groups excluding carboxylic acids is 1. The molecule has 0 radical (unpaired) electrons. The van der Waals surface area contributed by atoms with Gasteiger partial charge in [-0.25, -0.2) is 13.5 Å². The monoisotopic (exact) mass is 334 g/mol. The lowest BCUT2D eigenvalue weighted by Gasteiger charge is -2.17. The van der Waals surface area contributed by atoms with Gasteiger partial charge in [0, 0.05) is 6.42 Å². The van der Waals surface area contributed by atoms with Gasteiger partial charge in [-0.1, -0.05) is 0 Å². The highest BCUT2D eigenvalue weighted by Crippen LogP contribution is 2.22. The molecule has 1 heterocycles. The van der Waals surface area contributed by atoms with Crippen LogP contribution in [-0.4, -0.2) is 39.8 Å². The molecule has 0 aliphatic heterocycles. The SMILES string of the molecule is O=C(NCC(F)(F)F)C(CC(F)F)n1cc([N+](=O)[O-])c(F)n1. The number of amides is 1. The van der Waals surface area contributed by atoms with Crippen molar-refractivity contribution in [2.24, 2.45) is 0 Å². The lowest BCUT2D eigenvalue weighted by atomic mass is 10.2. The Bertz CT molecular complexity index is 558. The van der Waals surface area contributed by atoms with Crippen molar-refractivity contribution in [2.75, 3.05) is 6.54 Å². The first-order valence-corrected chi connectivity index (χ1v) is 5.53. The fourth-order valence-corrected chi connectivity index (χ4v) is 1.45. The van der Waals surface area contributed by atoms with Crippen LogP contribution in [0.2, 0.25) is 0 Å². The number of hydrogen-bond acceptors (Lipinski definition) is 4. The molecule has 0 fully saturated rings. The van der Waals surface area contributed by atoms with Crippen molar-refractivity contribution in [1.82, 2.24) is 15.1 Å². The maximum atomic E-state index is 13.1. The molecular weight excluding hydrogens is 326 g/mol. The van der Waals surface area contributed by atoms with E-state index in [2.05, 4.69) is 5.10 Å². The summed E-state index contributed by atoms with van der Waals surface area (Å²) in [4.78, 5) is 20.7. The first-order chi connectivity index (χ1) is 10.0. The van der Waals surface area contributed by atoms with E-state index in [1.807, 2.05) is 0 Å². The number of alkyl halides is 5. The lowest BCUT2D eigenvalue weighted by Crippen LogP contribution is -2.39. The second-order valence-electron chi connectivity index (χ2n) is 4.02. The summed E-state index contributed by atoms with van der Waals surface area (Å²) in [6.45, 7) is -1.79. The fraction of sp³-hybridized carbons (Fsp3) is 0.556. The van der Waals surface area contributed by atoms with Crippen LogP contribution in [0.25, 0.3) is 0 Å². The quantitative estimate of drug-likeness (QED) is 0.488. The van der Waals surface area contributed by atoms with Gasteiger partial charge < -0.3 is 5.32 Å². The van der Waals surface area contributed by atoms with E-state index in [4.69, 9.17) is 0 Å². The van der Waals surface area contributed by atoms with E-state index in [-0.39, 0.29) is 4.68 Å². The molecule has 1 aromatic heterocycles. The van der Waals surface area contributed by atoms with E-state index >= 15 is 0 Å². The Balaban J connectivity index is 3.00. The average Bonchev–Trinajstić information content (AvgIpc) is 2.74. The topological polar surface area (TPSA) is 90.1 Å². The normalized spacial score (nSPS) is 13.2. The van der Waals surface area contributed by atoms with Gasteiger partial charge >= 0.3 is 17.8 Å². The van der Waals surface area contributed by atoms with Gasteiger partial charge in [0.05, 0.1) is 4.92 Å². The van der Waals surface area contributed by atoms with Gasteiger partial charge in [0.25, 0.3) is 0 Å². The highest BCUT2D eigenvalue weighted by atomic mass is 19.4. The van der Waals surface area contributed by atoms with Crippen LogP contribution in [-0.2, 0) is 4.79 Å². The van der Waals surface area contributed by atoms with E-state index in [0.29, 0.717) is 6.20 Å². The van der Waals surface area contributed by atoms with Crippen molar-refractivity contribution in [1.29, 1.82) is 0 Å². The minimum absolute atomic E-state index is 0.200. The predicted octanol–water partition coefficient (Wildman–Crippen LogP) is 1.81. The molecule has 0 spiro atoms. The number of nitro groups is 1. The van der Waals surface area contributed by atoms with Gasteiger partial charge in [-0.3, -0.25) is 14.9 Å². The smallest absolute Gasteiger partial charge is 0.345 e. The molecule has 1 atom stereocenters. The Labute approximate surface area is 118 Å². The molecule has 0 saturated carbocycles. The largest absolute Gasteiger partial charge is 0.405 e. The molecule has 0 aliphatic rings. The number of halogens is 6. The molecule has 0 bridgehead atoms. The molecule has 22 heavy (non-hydrogen) atoms. The van der Waals surface area contributed by atoms with E-state index in [1.54, 1.807) is 0 Å². The molecule has 1 aromatic rings. The highest BCUT2D eigenvalue weighted by Gasteiger charge is 2.33. The van der Waals surface area contributed by atoms with Crippen LogP contribution in [0.5, 0.6) is 0 Å². The van der Waals surface area contributed by atoms with Crippen LogP contribution < -0.4 is 5.32 Å². The summed E-state index contributed by atoms with van der Waals surface area (Å²) < 4.78 is 74.1. The molecule has 0 aromatic carbocycles. The molecule has 1 rings (SSSR count). The molecule has 1 amide bonds. The molecule has 124 valence electrons. The molecule has 0 saturated heterocycles. The van der Waals surface area contributed by atoms with Crippen LogP contribution in [0.1, 0.15) is 12.5 Å². The van der Waals surface area contributed by atoms with Gasteiger partial charge in [-0.05, 0) is 0 Å². The van der Waals surface area contributed by atoms with Gasteiger partial charge in [0.1, 0.15) is 18.8 Å². The first-order valence-electron chi connectivity index (χ1n) is 5.53. The lowest BCUT2D eigenvalue weighted by molar-refractivity contribution is -0.387. The third-order valence-electron chi connectivity index (χ3n) is 2.35. The van der Waals surface area contributed by atoms with Gasteiger partial charge in [-0.15, -0.1) is 5.10 Å². The van der Waals surface area contributed by atoms with Crippen molar-refractivity contribution < 1.29 is 36.1 Å². The van der Waals surface area contributed by atoms with Crippen LogP contribution in [0, 0.1) is 16.1 Å². The Kier molecular flexibility index (Phi) is 5.33. The minimum atomic E-state index is -4.79. The highest BCUT2D eigenvalue weighted by molar-refractivity contribution is 5.80.